The fourth-order valence-corrected chi connectivity index (χ4v) is 3.50. The van der Waals surface area contributed by atoms with Crippen LogP contribution in [0.15, 0.2) is 9.95 Å². The third kappa shape index (κ3) is 3.92. The summed E-state index contributed by atoms with van der Waals surface area (Å²) in [5.74, 6) is 0.0640. The van der Waals surface area contributed by atoms with Crippen molar-refractivity contribution in [1.29, 1.82) is 0 Å². The number of carbonyl (C=O) groups is 1. The molecule has 2 rings (SSSR count). The third-order valence-electron chi connectivity index (χ3n) is 3.84. The van der Waals surface area contributed by atoms with Crippen LogP contribution in [0, 0.1) is 0 Å². The lowest BCUT2D eigenvalue weighted by atomic mass is 10.2. The summed E-state index contributed by atoms with van der Waals surface area (Å²) in [5.41, 5.74) is -0.250. The highest BCUT2D eigenvalue weighted by molar-refractivity contribution is 8.00. The number of ether oxygens (including phenoxy) is 1. The summed E-state index contributed by atoms with van der Waals surface area (Å²) in [6.45, 7) is 8.37. The Morgan fingerprint density at radius 2 is 2.27 bits per heavy atom. The van der Waals surface area contributed by atoms with Crippen LogP contribution in [0.25, 0.3) is 0 Å². The molecule has 0 spiro atoms. The van der Waals surface area contributed by atoms with Gasteiger partial charge in [0.1, 0.15) is 0 Å². The smallest absolute Gasteiger partial charge is 0.344 e. The Morgan fingerprint density at radius 3 is 2.86 bits per heavy atom. The van der Waals surface area contributed by atoms with Crippen LogP contribution in [0.5, 0.6) is 0 Å². The van der Waals surface area contributed by atoms with Crippen molar-refractivity contribution in [3.8, 4) is 0 Å². The number of thioether (sulfide) groups is 1. The standard InChI is InChI=1S/C14H24N4O3S/c1-4-17(5-2)12(19)10(3)22-14-16-15-13(20)18(14)9-11-7-6-8-21-11/h10-11H,4-9H2,1-3H3,(H,15,20). The van der Waals surface area contributed by atoms with Crippen molar-refractivity contribution in [3.63, 3.8) is 0 Å². The van der Waals surface area contributed by atoms with E-state index in [0.29, 0.717) is 24.8 Å². The van der Waals surface area contributed by atoms with E-state index in [4.69, 9.17) is 4.74 Å². The van der Waals surface area contributed by atoms with Gasteiger partial charge in [-0.1, -0.05) is 11.8 Å². The minimum atomic E-state index is -0.279. The molecule has 22 heavy (non-hydrogen) atoms. The van der Waals surface area contributed by atoms with Crippen LogP contribution in [0.4, 0.5) is 0 Å². The highest BCUT2D eigenvalue weighted by Crippen LogP contribution is 2.23. The first-order valence-corrected chi connectivity index (χ1v) is 8.67. The number of amides is 1. The van der Waals surface area contributed by atoms with E-state index in [1.54, 1.807) is 9.47 Å². The van der Waals surface area contributed by atoms with Gasteiger partial charge in [-0.25, -0.2) is 9.89 Å². The average molecular weight is 328 g/mol. The summed E-state index contributed by atoms with van der Waals surface area (Å²) >= 11 is 1.32. The second-order valence-electron chi connectivity index (χ2n) is 5.33. The zero-order valence-electron chi connectivity index (χ0n) is 13.4. The van der Waals surface area contributed by atoms with Gasteiger partial charge in [-0.15, -0.1) is 5.10 Å². The first kappa shape index (κ1) is 17.1. The summed E-state index contributed by atoms with van der Waals surface area (Å²) in [6.07, 6.45) is 2.04. The fourth-order valence-electron chi connectivity index (χ4n) is 2.55. The Hall–Kier alpha value is -1.28. The predicted octanol–water partition coefficient (Wildman–Crippen LogP) is 1.10. The number of carbonyl (C=O) groups excluding carboxylic acids is 1. The van der Waals surface area contributed by atoms with Gasteiger partial charge in [0.05, 0.1) is 17.9 Å². The maximum absolute atomic E-state index is 12.3. The van der Waals surface area contributed by atoms with Gasteiger partial charge in [-0.3, -0.25) is 9.36 Å². The number of hydrogen-bond acceptors (Lipinski definition) is 5. The maximum Gasteiger partial charge on any atom is 0.344 e. The second kappa shape index (κ2) is 7.82. The predicted molar refractivity (Wildman–Crippen MR) is 85.1 cm³/mol. The lowest BCUT2D eigenvalue weighted by Gasteiger charge is -2.22. The number of rotatable bonds is 7. The van der Waals surface area contributed by atoms with Crippen molar-refractivity contribution in [3.05, 3.63) is 10.5 Å². The van der Waals surface area contributed by atoms with E-state index in [0.717, 1.165) is 19.4 Å². The number of nitrogens with zero attached hydrogens (tertiary/aromatic N) is 3. The molecule has 0 radical (unpaired) electrons. The van der Waals surface area contributed by atoms with Gasteiger partial charge < -0.3 is 9.64 Å². The van der Waals surface area contributed by atoms with Crippen molar-refractivity contribution in [2.75, 3.05) is 19.7 Å². The Bertz CT molecular complexity index is 547. The molecule has 0 saturated carbocycles. The van der Waals surface area contributed by atoms with Gasteiger partial charge in [-0.2, -0.15) is 0 Å². The number of H-pyrrole nitrogens is 1. The second-order valence-corrected chi connectivity index (χ2v) is 6.64. The molecular formula is C14H24N4O3S. The summed E-state index contributed by atoms with van der Waals surface area (Å²) in [4.78, 5) is 26.0. The van der Waals surface area contributed by atoms with Crippen LogP contribution in [0.2, 0.25) is 0 Å². The first-order valence-electron chi connectivity index (χ1n) is 7.79. The normalized spacial score (nSPS) is 19.3. The molecule has 7 nitrogen and oxygen atoms in total. The molecule has 1 aromatic rings. The Labute approximate surface area is 134 Å². The van der Waals surface area contributed by atoms with Crippen molar-refractivity contribution < 1.29 is 9.53 Å². The molecular weight excluding hydrogens is 304 g/mol. The van der Waals surface area contributed by atoms with Crippen LogP contribution < -0.4 is 5.69 Å². The quantitative estimate of drug-likeness (QED) is 0.758. The molecule has 1 fully saturated rings. The van der Waals surface area contributed by atoms with Gasteiger partial charge in [0.25, 0.3) is 0 Å². The Morgan fingerprint density at radius 1 is 1.55 bits per heavy atom. The largest absolute Gasteiger partial charge is 0.376 e. The molecule has 0 aliphatic carbocycles. The molecule has 8 heteroatoms. The molecule has 2 unspecified atom stereocenters. The number of nitrogens with one attached hydrogen (secondary N) is 1. The monoisotopic (exact) mass is 328 g/mol. The zero-order valence-corrected chi connectivity index (χ0v) is 14.2. The molecule has 1 aliphatic heterocycles. The van der Waals surface area contributed by atoms with E-state index in [1.165, 1.54) is 11.8 Å². The van der Waals surface area contributed by atoms with E-state index >= 15 is 0 Å². The van der Waals surface area contributed by atoms with E-state index in [2.05, 4.69) is 10.2 Å². The molecule has 1 aliphatic rings. The van der Waals surface area contributed by atoms with Crippen LogP contribution >= 0.6 is 11.8 Å². The summed E-state index contributed by atoms with van der Waals surface area (Å²) in [7, 11) is 0. The van der Waals surface area contributed by atoms with E-state index in [-0.39, 0.29) is 23.0 Å². The lowest BCUT2D eigenvalue weighted by Crippen LogP contribution is -2.36. The SMILES string of the molecule is CCN(CC)C(=O)C(C)Sc1n[nH]c(=O)n1CC1CCCO1. The number of hydrogen-bond donors (Lipinski definition) is 1. The Balaban J connectivity index is 2.06. The summed E-state index contributed by atoms with van der Waals surface area (Å²) in [5, 5.41) is 6.79. The molecule has 1 amide bonds. The van der Waals surface area contributed by atoms with Crippen molar-refractivity contribution in [1.82, 2.24) is 19.7 Å². The van der Waals surface area contributed by atoms with Gasteiger partial charge >= 0.3 is 5.69 Å². The third-order valence-corrected chi connectivity index (χ3v) is 4.92. The molecule has 2 atom stereocenters. The minimum Gasteiger partial charge on any atom is -0.376 e. The fraction of sp³-hybridized carbons (Fsp3) is 0.786. The molecule has 2 heterocycles. The molecule has 1 N–H and O–H groups in total. The van der Waals surface area contributed by atoms with Gasteiger partial charge in [0.15, 0.2) is 5.16 Å². The molecule has 1 saturated heterocycles. The maximum atomic E-state index is 12.3. The van der Waals surface area contributed by atoms with Crippen LogP contribution in [-0.4, -0.2) is 56.6 Å². The van der Waals surface area contributed by atoms with Crippen LogP contribution in [-0.2, 0) is 16.1 Å². The Kier molecular flexibility index (Phi) is 6.07. The van der Waals surface area contributed by atoms with Crippen molar-refractivity contribution in [2.45, 2.75) is 56.7 Å². The highest BCUT2D eigenvalue weighted by atomic mass is 32.2. The van der Waals surface area contributed by atoms with Crippen LogP contribution in [0.3, 0.4) is 0 Å². The van der Waals surface area contributed by atoms with E-state index in [9.17, 15) is 9.59 Å². The number of aromatic nitrogens is 3. The van der Waals surface area contributed by atoms with Gasteiger partial charge in [0.2, 0.25) is 5.91 Å². The summed E-state index contributed by atoms with van der Waals surface area (Å²) < 4.78 is 7.15. The minimum absolute atomic E-state index is 0.0587. The molecule has 0 aromatic carbocycles. The van der Waals surface area contributed by atoms with E-state index in [1.807, 2.05) is 20.8 Å². The highest BCUT2D eigenvalue weighted by Gasteiger charge is 2.24. The zero-order chi connectivity index (χ0) is 16.1. The van der Waals surface area contributed by atoms with E-state index < -0.39 is 0 Å². The topological polar surface area (TPSA) is 80.2 Å². The van der Waals surface area contributed by atoms with Crippen molar-refractivity contribution in [2.24, 2.45) is 0 Å². The molecule has 1 aromatic heterocycles. The number of aromatic amines is 1. The first-order chi connectivity index (χ1) is 10.6. The van der Waals surface area contributed by atoms with Crippen molar-refractivity contribution >= 4 is 17.7 Å². The average Bonchev–Trinajstić information content (AvgIpc) is 3.13. The molecule has 124 valence electrons. The van der Waals surface area contributed by atoms with Crippen LogP contribution in [0.1, 0.15) is 33.6 Å². The van der Waals surface area contributed by atoms with Gasteiger partial charge in [0, 0.05) is 19.7 Å². The van der Waals surface area contributed by atoms with Gasteiger partial charge in [-0.05, 0) is 33.6 Å². The lowest BCUT2D eigenvalue weighted by molar-refractivity contribution is -0.129. The summed E-state index contributed by atoms with van der Waals surface area (Å²) in [6, 6.07) is 0. The molecule has 0 bridgehead atoms.